The number of nitrogens with one attached hydrogen (secondary N) is 2. The monoisotopic (exact) mass is 520 g/mol. The quantitative estimate of drug-likeness (QED) is 0.494. The average molecular weight is 521 g/mol. The van der Waals surface area contributed by atoms with E-state index in [-0.39, 0.29) is 11.5 Å². The molecule has 3 aromatic rings. The Bertz CT molecular complexity index is 1380. The van der Waals surface area contributed by atoms with Crippen LogP contribution in [0.5, 0.6) is 0 Å². The molecular formula is C28H36N6O2S. The van der Waals surface area contributed by atoms with E-state index in [0.717, 1.165) is 72.9 Å². The van der Waals surface area contributed by atoms with Crippen LogP contribution in [0.25, 0.3) is 15.8 Å². The fourth-order valence-electron chi connectivity index (χ4n) is 5.93. The highest BCUT2D eigenvalue weighted by Crippen LogP contribution is 2.42. The van der Waals surface area contributed by atoms with Crippen LogP contribution < -0.4 is 20.5 Å². The maximum absolute atomic E-state index is 6.39. The molecule has 2 aromatic heterocycles. The van der Waals surface area contributed by atoms with E-state index in [2.05, 4.69) is 64.7 Å². The molecule has 0 saturated carbocycles. The van der Waals surface area contributed by atoms with Gasteiger partial charge < -0.3 is 14.8 Å². The summed E-state index contributed by atoms with van der Waals surface area (Å²) in [7, 11) is 2.03. The second-order valence-electron chi connectivity index (χ2n) is 10.8. The number of morpholine rings is 1. The van der Waals surface area contributed by atoms with E-state index in [0.29, 0.717) is 6.61 Å². The average Bonchev–Trinajstić information content (AvgIpc) is 3.28. The van der Waals surface area contributed by atoms with Crippen molar-refractivity contribution >= 4 is 32.9 Å². The summed E-state index contributed by atoms with van der Waals surface area (Å²) in [4.78, 5) is 17.3. The molecule has 3 aliphatic rings. The fourth-order valence-corrected chi connectivity index (χ4v) is 7.13. The molecule has 2 fully saturated rings. The van der Waals surface area contributed by atoms with Crippen molar-refractivity contribution in [3.63, 3.8) is 0 Å². The van der Waals surface area contributed by atoms with Crippen molar-refractivity contribution in [1.82, 2.24) is 20.2 Å². The van der Waals surface area contributed by atoms with E-state index < -0.39 is 5.66 Å². The summed E-state index contributed by atoms with van der Waals surface area (Å²) in [5, 5.41) is 8.42. The van der Waals surface area contributed by atoms with Gasteiger partial charge in [0.2, 0.25) is 0 Å². The van der Waals surface area contributed by atoms with Gasteiger partial charge in [0.25, 0.3) is 0 Å². The van der Waals surface area contributed by atoms with Crippen molar-refractivity contribution in [1.29, 1.82) is 0 Å². The molecule has 3 aliphatic heterocycles. The summed E-state index contributed by atoms with van der Waals surface area (Å²) in [5.74, 6) is 1.03. The lowest BCUT2D eigenvalue weighted by molar-refractivity contribution is -0.0586. The second-order valence-corrected chi connectivity index (χ2v) is 11.8. The van der Waals surface area contributed by atoms with Crippen LogP contribution in [-0.2, 0) is 15.9 Å². The van der Waals surface area contributed by atoms with Gasteiger partial charge in [-0.2, -0.15) is 0 Å². The van der Waals surface area contributed by atoms with Crippen LogP contribution in [0.1, 0.15) is 25.8 Å². The molecule has 37 heavy (non-hydrogen) atoms. The number of rotatable bonds is 7. The first-order valence-corrected chi connectivity index (χ1v) is 14.1. The minimum atomic E-state index is -0.474. The number of thiophene rings is 1. The van der Waals surface area contributed by atoms with Crippen LogP contribution in [0, 0.1) is 5.92 Å². The van der Waals surface area contributed by atoms with Crippen molar-refractivity contribution in [2.24, 2.45) is 10.9 Å². The van der Waals surface area contributed by atoms with Gasteiger partial charge in [-0.1, -0.05) is 30.3 Å². The third-order valence-electron chi connectivity index (χ3n) is 7.90. The van der Waals surface area contributed by atoms with Gasteiger partial charge in [-0.25, -0.2) is 9.97 Å². The molecule has 9 heteroatoms. The van der Waals surface area contributed by atoms with Crippen LogP contribution in [0.3, 0.4) is 0 Å². The molecule has 0 radical (unpaired) electrons. The van der Waals surface area contributed by atoms with Crippen LogP contribution >= 0.6 is 11.3 Å². The molecule has 8 nitrogen and oxygen atoms in total. The summed E-state index contributed by atoms with van der Waals surface area (Å²) >= 11 is 1.71. The molecule has 0 aliphatic carbocycles. The Morgan fingerprint density at radius 2 is 1.95 bits per heavy atom. The SMILES string of the molecule is CNC1(Cc2ccccc2)N=c2sc3c(NCCN4CCOCC4)ncnc3c2=C2CC(C)(C)OCC21. The highest BCUT2D eigenvalue weighted by Gasteiger charge is 2.47. The number of likely N-dealkylation sites (N-methyl/N-ethyl adjacent to an activating group) is 1. The Morgan fingerprint density at radius 1 is 1.14 bits per heavy atom. The lowest BCUT2D eigenvalue weighted by Gasteiger charge is -2.46. The standard InChI is InChI=1S/C28H36N6O2S/c1-27(2)16-20-21(17-36-27)28(29-3,15-19-7-5-4-6-8-19)33-26-22(20)23-24(37-26)25(32-18-31-23)30-9-10-34-11-13-35-14-12-34/h4-8,18,21,29H,9-17H2,1-3H3,(H,30,31,32). The third-order valence-corrected chi connectivity index (χ3v) is 8.98. The number of fused-ring (bicyclic) bond motifs is 4. The molecule has 196 valence electrons. The molecule has 2 atom stereocenters. The predicted molar refractivity (Wildman–Crippen MR) is 147 cm³/mol. The van der Waals surface area contributed by atoms with Crippen molar-refractivity contribution in [2.75, 3.05) is 58.4 Å². The zero-order valence-electron chi connectivity index (χ0n) is 21.9. The van der Waals surface area contributed by atoms with Gasteiger partial charge in [0.1, 0.15) is 22.5 Å². The molecule has 2 saturated heterocycles. The number of hydrogen-bond acceptors (Lipinski definition) is 9. The van der Waals surface area contributed by atoms with E-state index in [1.54, 1.807) is 17.7 Å². The Labute approximate surface area is 221 Å². The third kappa shape index (κ3) is 4.79. The maximum Gasteiger partial charge on any atom is 0.147 e. The van der Waals surface area contributed by atoms with Gasteiger partial charge in [-0.3, -0.25) is 15.2 Å². The highest BCUT2D eigenvalue weighted by molar-refractivity contribution is 7.17. The summed E-state index contributed by atoms with van der Waals surface area (Å²) < 4.78 is 14.0. The number of aromatic nitrogens is 2. The van der Waals surface area contributed by atoms with Crippen molar-refractivity contribution < 1.29 is 9.47 Å². The van der Waals surface area contributed by atoms with E-state index in [9.17, 15) is 0 Å². The molecule has 2 N–H and O–H groups in total. The molecule has 6 rings (SSSR count). The molecule has 0 spiro atoms. The van der Waals surface area contributed by atoms with Gasteiger partial charge in [-0.05, 0) is 38.5 Å². The highest BCUT2D eigenvalue weighted by atomic mass is 32.1. The minimum Gasteiger partial charge on any atom is -0.379 e. The lowest BCUT2D eigenvalue weighted by atomic mass is 9.74. The number of anilines is 1. The fraction of sp³-hybridized carbons (Fsp3) is 0.536. The predicted octanol–water partition coefficient (Wildman–Crippen LogP) is 2.19. The Morgan fingerprint density at radius 3 is 2.73 bits per heavy atom. The summed E-state index contributed by atoms with van der Waals surface area (Å²) in [6.45, 7) is 10.4. The van der Waals surface area contributed by atoms with Gasteiger partial charge in [0, 0.05) is 43.7 Å². The normalized spacial score (nSPS) is 25.4. The van der Waals surface area contributed by atoms with Crippen LogP contribution in [-0.4, -0.2) is 79.2 Å². The van der Waals surface area contributed by atoms with Crippen molar-refractivity contribution in [3.8, 4) is 0 Å². The smallest absolute Gasteiger partial charge is 0.147 e. The lowest BCUT2D eigenvalue weighted by Crippen LogP contribution is -2.59. The van der Waals surface area contributed by atoms with Crippen LogP contribution in [0.15, 0.2) is 41.7 Å². The molecular weight excluding hydrogens is 484 g/mol. The summed E-state index contributed by atoms with van der Waals surface area (Å²) in [5.41, 5.74) is 2.97. The largest absolute Gasteiger partial charge is 0.379 e. The first-order valence-electron chi connectivity index (χ1n) is 13.3. The first kappa shape index (κ1) is 24.9. The Kier molecular flexibility index (Phi) is 6.75. The van der Waals surface area contributed by atoms with Crippen molar-refractivity contribution in [3.05, 3.63) is 52.1 Å². The second kappa shape index (κ2) is 10.0. The van der Waals surface area contributed by atoms with E-state index in [1.165, 1.54) is 16.4 Å². The number of hydrogen-bond donors (Lipinski definition) is 2. The van der Waals surface area contributed by atoms with Crippen molar-refractivity contribution in [2.45, 2.75) is 38.0 Å². The topological polar surface area (TPSA) is 83.9 Å². The zero-order chi connectivity index (χ0) is 25.5. The number of benzene rings is 1. The zero-order valence-corrected chi connectivity index (χ0v) is 22.7. The van der Waals surface area contributed by atoms with E-state index in [1.807, 2.05) is 7.05 Å². The number of ether oxygens (including phenoxy) is 2. The van der Waals surface area contributed by atoms with Gasteiger partial charge in [0.05, 0.1) is 35.6 Å². The Hall–Kier alpha value is -2.43. The molecule has 5 heterocycles. The Balaban J connectivity index is 1.43. The van der Waals surface area contributed by atoms with E-state index >= 15 is 0 Å². The molecule has 0 bridgehead atoms. The molecule has 1 aromatic carbocycles. The van der Waals surface area contributed by atoms with Crippen LogP contribution in [0.2, 0.25) is 0 Å². The van der Waals surface area contributed by atoms with Gasteiger partial charge in [0.15, 0.2) is 0 Å². The number of nitrogens with zero attached hydrogens (tertiary/aromatic N) is 4. The van der Waals surface area contributed by atoms with E-state index in [4.69, 9.17) is 19.5 Å². The van der Waals surface area contributed by atoms with Gasteiger partial charge in [-0.15, -0.1) is 11.3 Å². The molecule has 0 amide bonds. The summed E-state index contributed by atoms with van der Waals surface area (Å²) in [6.07, 6.45) is 3.34. The first-order chi connectivity index (χ1) is 18.0. The summed E-state index contributed by atoms with van der Waals surface area (Å²) in [6, 6.07) is 10.6. The molecule has 2 unspecified atom stereocenters. The van der Waals surface area contributed by atoms with Crippen LogP contribution in [0.4, 0.5) is 5.82 Å². The maximum atomic E-state index is 6.39. The van der Waals surface area contributed by atoms with Gasteiger partial charge >= 0.3 is 0 Å². The minimum absolute atomic E-state index is 0.128.